The largest absolute Gasteiger partial charge is 0.389 e. The minimum Gasteiger partial charge on any atom is -0.389 e. The molecule has 3 nitrogen and oxygen atoms in total. The normalized spacial score (nSPS) is 30.7. The quantitative estimate of drug-likeness (QED) is 0.808. The lowest BCUT2D eigenvalue weighted by molar-refractivity contribution is 0.388. The zero-order valence-electron chi connectivity index (χ0n) is 8.87. The molecule has 2 rings (SSSR count). The van der Waals surface area contributed by atoms with Gasteiger partial charge in [0.1, 0.15) is 5.00 Å². The van der Waals surface area contributed by atoms with E-state index in [1.807, 2.05) is 0 Å². The van der Waals surface area contributed by atoms with Crippen molar-refractivity contribution in [2.24, 2.45) is 11.3 Å². The Morgan fingerprint density at radius 2 is 2.43 bits per heavy atom. The zero-order chi connectivity index (χ0) is 10.3. The van der Waals surface area contributed by atoms with E-state index in [1.165, 1.54) is 17.8 Å². The van der Waals surface area contributed by atoms with Crippen LogP contribution in [0.15, 0.2) is 6.20 Å². The highest BCUT2D eigenvalue weighted by atomic mass is 32.1. The Hall–Kier alpha value is -0.770. The number of nitrogens with zero attached hydrogens (tertiary/aromatic N) is 1. The second kappa shape index (κ2) is 3.12. The van der Waals surface area contributed by atoms with Gasteiger partial charge in [-0.05, 0) is 17.8 Å². The Morgan fingerprint density at radius 3 is 2.86 bits per heavy atom. The lowest BCUT2D eigenvalue weighted by Gasteiger charge is -2.15. The molecular formula is C10H17N3S. The summed E-state index contributed by atoms with van der Waals surface area (Å²) in [4.78, 5) is 4.20. The summed E-state index contributed by atoms with van der Waals surface area (Å²) in [7, 11) is 0. The number of nitrogens with one attached hydrogen (secondary N) is 1. The van der Waals surface area contributed by atoms with E-state index in [1.54, 1.807) is 6.20 Å². The van der Waals surface area contributed by atoms with Crippen molar-refractivity contribution in [1.29, 1.82) is 0 Å². The third kappa shape index (κ3) is 1.59. The number of hydrogen-bond acceptors (Lipinski definition) is 4. The molecule has 14 heavy (non-hydrogen) atoms. The van der Waals surface area contributed by atoms with Gasteiger partial charge in [0.05, 0.1) is 6.20 Å². The minimum absolute atomic E-state index is 0.445. The fourth-order valence-corrected chi connectivity index (χ4v) is 2.37. The molecule has 3 N–H and O–H groups in total. The molecule has 1 aromatic rings. The molecule has 4 heteroatoms. The predicted molar refractivity (Wildman–Crippen MR) is 61.5 cm³/mol. The summed E-state index contributed by atoms with van der Waals surface area (Å²) in [5.41, 5.74) is 6.06. The maximum Gasteiger partial charge on any atom is 0.184 e. The van der Waals surface area contributed by atoms with Gasteiger partial charge in [-0.15, -0.1) is 0 Å². The van der Waals surface area contributed by atoms with Gasteiger partial charge in [0.15, 0.2) is 5.13 Å². The molecule has 1 saturated carbocycles. The molecule has 1 heterocycles. The van der Waals surface area contributed by atoms with Gasteiger partial charge in [-0.3, -0.25) is 0 Å². The smallest absolute Gasteiger partial charge is 0.184 e. The van der Waals surface area contributed by atoms with Crippen LogP contribution < -0.4 is 11.1 Å². The summed E-state index contributed by atoms with van der Waals surface area (Å²) >= 11 is 1.52. The predicted octanol–water partition coefficient (Wildman–Crippen LogP) is 2.57. The molecule has 78 valence electrons. The SMILES string of the molecule is CC(C)C1(C)CC1Nc1ncc(N)s1. The first-order valence-electron chi connectivity index (χ1n) is 5.00. The van der Waals surface area contributed by atoms with E-state index >= 15 is 0 Å². The van der Waals surface area contributed by atoms with E-state index in [-0.39, 0.29) is 0 Å². The third-order valence-corrected chi connectivity index (χ3v) is 4.18. The van der Waals surface area contributed by atoms with Crippen LogP contribution in [0.4, 0.5) is 10.1 Å². The summed E-state index contributed by atoms with van der Waals surface area (Å²) in [6.07, 6.45) is 2.95. The Bertz CT molecular complexity index is 334. The van der Waals surface area contributed by atoms with Gasteiger partial charge in [-0.25, -0.2) is 4.98 Å². The summed E-state index contributed by atoms with van der Waals surface area (Å²) in [6.45, 7) is 6.88. The lowest BCUT2D eigenvalue weighted by Crippen LogP contribution is -2.16. The van der Waals surface area contributed by atoms with Crippen LogP contribution in [0.5, 0.6) is 0 Å². The molecule has 0 amide bonds. The summed E-state index contributed by atoms with van der Waals surface area (Å²) < 4.78 is 0. The third-order valence-electron chi connectivity index (χ3n) is 3.42. The van der Waals surface area contributed by atoms with Crippen LogP contribution in [0.3, 0.4) is 0 Å². The average molecular weight is 211 g/mol. The Balaban J connectivity index is 1.96. The van der Waals surface area contributed by atoms with Gasteiger partial charge in [-0.1, -0.05) is 32.1 Å². The van der Waals surface area contributed by atoms with Crippen molar-refractivity contribution in [2.75, 3.05) is 11.1 Å². The molecule has 0 aromatic carbocycles. The van der Waals surface area contributed by atoms with Gasteiger partial charge in [0.2, 0.25) is 0 Å². The highest BCUT2D eigenvalue weighted by molar-refractivity contribution is 7.19. The number of nitrogen functional groups attached to an aromatic ring is 1. The van der Waals surface area contributed by atoms with E-state index in [4.69, 9.17) is 5.73 Å². The number of nitrogens with two attached hydrogens (primary N) is 1. The van der Waals surface area contributed by atoms with E-state index in [0.29, 0.717) is 11.5 Å². The average Bonchev–Trinajstić information content (AvgIpc) is 2.54. The van der Waals surface area contributed by atoms with Crippen molar-refractivity contribution >= 4 is 21.5 Å². The maximum atomic E-state index is 5.62. The van der Waals surface area contributed by atoms with Crippen LogP contribution in [0, 0.1) is 11.3 Å². The molecule has 1 aliphatic rings. The Labute approximate surface area is 88.7 Å². The number of anilines is 2. The van der Waals surface area contributed by atoms with Crippen molar-refractivity contribution in [1.82, 2.24) is 4.98 Å². The summed E-state index contributed by atoms with van der Waals surface area (Å²) in [5, 5.41) is 5.17. The Morgan fingerprint density at radius 1 is 1.71 bits per heavy atom. The lowest BCUT2D eigenvalue weighted by atomic mass is 9.94. The molecule has 0 radical (unpaired) electrons. The van der Waals surface area contributed by atoms with E-state index in [9.17, 15) is 0 Å². The van der Waals surface area contributed by atoms with Crippen molar-refractivity contribution in [3.63, 3.8) is 0 Å². The van der Waals surface area contributed by atoms with Crippen LogP contribution in [-0.4, -0.2) is 11.0 Å². The molecule has 0 spiro atoms. The standard InChI is InChI=1S/C10H17N3S/c1-6(2)10(3)4-7(10)13-9-12-5-8(11)14-9/h5-7H,4,11H2,1-3H3,(H,12,13). The first-order chi connectivity index (χ1) is 6.52. The van der Waals surface area contributed by atoms with Crippen LogP contribution in [0.1, 0.15) is 27.2 Å². The van der Waals surface area contributed by atoms with Crippen molar-refractivity contribution in [3.05, 3.63) is 6.20 Å². The first kappa shape index (κ1) is 9.77. The number of rotatable bonds is 3. The van der Waals surface area contributed by atoms with E-state index < -0.39 is 0 Å². The van der Waals surface area contributed by atoms with Crippen LogP contribution >= 0.6 is 11.3 Å². The summed E-state index contributed by atoms with van der Waals surface area (Å²) in [6, 6.07) is 0.577. The number of thiazole rings is 1. The van der Waals surface area contributed by atoms with Gasteiger partial charge in [0.25, 0.3) is 0 Å². The number of aromatic nitrogens is 1. The second-order valence-electron chi connectivity index (χ2n) is 4.63. The number of hydrogen-bond donors (Lipinski definition) is 2. The van der Waals surface area contributed by atoms with Gasteiger partial charge < -0.3 is 11.1 Å². The van der Waals surface area contributed by atoms with E-state index in [2.05, 4.69) is 31.1 Å². The first-order valence-corrected chi connectivity index (χ1v) is 5.82. The molecule has 2 unspecified atom stereocenters. The maximum absolute atomic E-state index is 5.62. The molecule has 1 aromatic heterocycles. The van der Waals surface area contributed by atoms with E-state index in [0.717, 1.165) is 16.1 Å². The van der Waals surface area contributed by atoms with Crippen LogP contribution in [0.2, 0.25) is 0 Å². The van der Waals surface area contributed by atoms with Crippen LogP contribution in [-0.2, 0) is 0 Å². The monoisotopic (exact) mass is 211 g/mol. The highest BCUT2D eigenvalue weighted by Crippen LogP contribution is 2.53. The fraction of sp³-hybridized carbons (Fsp3) is 0.700. The molecular weight excluding hydrogens is 194 g/mol. The second-order valence-corrected chi connectivity index (χ2v) is 5.69. The van der Waals surface area contributed by atoms with Gasteiger partial charge in [-0.2, -0.15) is 0 Å². The molecule has 1 fully saturated rings. The molecule has 0 saturated heterocycles. The van der Waals surface area contributed by atoms with Gasteiger partial charge >= 0.3 is 0 Å². The fourth-order valence-electron chi connectivity index (χ4n) is 1.74. The minimum atomic E-state index is 0.445. The highest BCUT2D eigenvalue weighted by Gasteiger charge is 2.52. The topological polar surface area (TPSA) is 50.9 Å². The van der Waals surface area contributed by atoms with Crippen molar-refractivity contribution < 1.29 is 0 Å². The van der Waals surface area contributed by atoms with Gasteiger partial charge in [0, 0.05) is 6.04 Å². The molecule has 0 aliphatic heterocycles. The van der Waals surface area contributed by atoms with Crippen molar-refractivity contribution in [2.45, 2.75) is 33.2 Å². The summed E-state index contributed by atoms with van der Waals surface area (Å²) in [5.74, 6) is 0.720. The zero-order valence-corrected chi connectivity index (χ0v) is 9.69. The van der Waals surface area contributed by atoms with Crippen LogP contribution in [0.25, 0.3) is 0 Å². The molecule has 1 aliphatic carbocycles. The molecule has 0 bridgehead atoms. The molecule has 2 atom stereocenters. The van der Waals surface area contributed by atoms with Crippen molar-refractivity contribution in [3.8, 4) is 0 Å². The Kier molecular flexibility index (Phi) is 2.18.